The summed E-state index contributed by atoms with van der Waals surface area (Å²) in [6.07, 6.45) is 3.47. The number of para-hydroxylation sites is 1. The molecule has 0 radical (unpaired) electrons. The predicted molar refractivity (Wildman–Crippen MR) is 113 cm³/mol. The number of aromatic nitrogens is 1. The van der Waals surface area contributed by atoms with E-state index in [1.54, 1.807) is 6.07 Å². The average Bonchev–Trinajstić information content (AvgIpc) is 3.22. The van der Waals surface area contributed by atoms with Gasteiger partial charge in [-0.25, -0.2) is 4.79 Å². The van der Waals surface area contributed by atoms with Crippen LogP contribution in [-0.2, 0) is 17.8 Å². The van der Waals surface area contributed by atoms with Crippen molar-refractivity contribution in [1.82, 2.24) is 4.98 Å². The Morgan fingerprint density at radius 3 is 2.90 bits per heavy atom. The van der Waals surface area contributed by atoms with Crippen LogP contribution >= 0.6 is 0 Å². The molecule has 0 bridgehead atoms. The first-order valence-corrected chi connectivity index (χ1v) is 9.97. The lowest BCUT2D eigenvalue weighted by Gasteiger charge is -2.10. The Balaban J connectivity index is 1.26. The molecule has 0 fully saturated rings. The molecule has 0 spiro atoms. The van der Waals surface area contributed by atoms with Gasteiger partial charge in [0.1, 0.15) is 5.58 Å². The average molecular weight is 403 g/mol. The van der Waals surface area contributed by atoms with Crippen LogP contribution in [0, 0.1) is 6.92 Å². The van der Waals surface area contributed by atoms with Crippen molar-refractivity contribution in [3.63, 3.8) is 0 Å². The lowest BCUT2D eigenvalue weighted by molar-refractivity contribution is 0.118. The molecule has 0 N–H and O–H groups in total. The van der Waals surface area contributed by atoms with Crippen LogP contribution in [0.4, 0.5) is 0 Å². The SMILES string of the molecule is Cc1c(CCCOCc2ccc3c(c2)OCO3)cnc2c1c(=O)oc1ccccc12. The van der Waals surface area contributed by atoms with Gasteiger partial charge in [0, 0.05) is 18.2 Å². The summed E-state index contributed by atoms with van der Waals surface area (Å²) >= 11 is 0. The number of rotatable bonds is 6. The smallest absolute Gasteiger partial charge is 0.346 e. The molecule has 152 valence electrons. The van der Waals surface area contributed by atoms with Crippen LogP contribution in [0.1, 0.15) is 23.1 Å². The standard InChI is InChI=1S/C24H21NO5/c1-15-17(5-4-10-27-13-16-8-9-20-21(11-16)29-14-28-20)12-25-23-18-6-2-3-7-19(18)30-24(26)22(15)23/h2-3,6-9,11-12H,4-5,10,13-14H2,1H3. The molecule has 0 saturated heterocycles. The molecule has 6 nitrogen and oxygen atoms in total. The molecule has 0 unspecified atom stereocenters. The molecular weight excluding hydrogens is 382 g/mol. The molecule has 2 aromatic heterocycles. The van der Waals surface area contributed by atoms with Crippen molar-refractivity contribution in [2.24, 2.45) is 0 Å². The van der Waals surface area contributed by atoms with Crippen molar-refractivity contribution in [2.75, 3.05) is 13.4 Å². The van der Waals surface area contributed by atoms with E-state index in [2.05, 4.69) is 4.98 Å². The summed E-state index contributed by atoms with van der Waals surface area (Å²) in [5, 5.41) is 1.42. The van der Waals surface area contributed by atoms with Crippen LogP contribution in [-0.4, -0.2) is 18.4 Å². The summed E-state index contributed by atoms with van der Waals surface area (Å²) in [6, 6.07) is 13.3. The normalized spacial score (nSPS) is 12.7. The van der Waals surface area contributed by atoms with Gasteiger partial charge in [-0.15, -0.1) is 0 Å². The Morgan fingerprint density at radius 2 is 1.97 bits per heavy atom. The van der Waals surface area contributed by atoms with E-state index in [1.807, 2.05) is 49.5 Å². The summed E-state index contributed by atoms with van der Waals surface area (Å²) < 4.78 is 22.0. The van der Waals surface area contributed by atoms with Crippen LogP contribution in [0.2, 0.25) is 0 Å². The second kappa shape index (κ2) is 7.80. The molecule has 1 aliphatic rings. The minimum Gasteiger partial charge on any atom is -0.454 e. The van der Waals surface area contributed by atoms with Gasteiger partial charge in [-0.1, -0.05) is 18.2 Å². The maximum Gasteiger partial charge on any atom is 0.346 e. The molecule has 0 amide bonds. The van der Waals surface area contributed by atoms with Gasteiger partial charge in [-0.2, -0.15) is 0 Å². The zero-order valence-electron chi connectivity index (χ0n) is 16.6. The second-order valence-electron chi connectivity index (χ2n) is 7.36. The molecule has 2 aromatic carbocycles. The van der Waals surface area contributed by atoms with E-state index in [-0.39, 0.29) is 12.4 Å². The van der Waals surface area contributed by atoms with Gasteiger partial charge in [0.25, 0.3) is 0 Å². The topological polar surface area (TPSA) is 70.8 Å². The van der Waals surface area contributed by atoms with E-state index >= 15 is 0 Å². The summed E-state index contributed by atoms with van der Waals surface area (Å²) in [4.78, 5) is 17.1. The number of pyridine rings is 1. The third-order valence-electron chi connectivity index (χ3n) is 5.43. The largest absolute Gasteiger partial charge is 0.454 e. The molecular formula is C24H21NO5. The van der Waals surface area contributed by atoms with E-state index in [0.29, 0.717) is 29.7 Å². The fourth-order valence-corrected chi connectivity index (χ4v) is 3.84. The van der Waals surface area contributed by atoms with Crippen LogP contribution in [0.15, 0.2) is 57.9 Å². The maximum absolute atomic E-state index is 12.5. The zero-order valence-corrected chi connectivity index (χ0v) is 16.6. The number of nitrogens with zero attached hydrogens (tertiary/aromatic N) is 1. The van der Waals surface area contributed by atoms with Crippen molar-refractivity contribution in [3.8, 4) is 11.5 Å². The first-order chi connectivity index (χ1) is 14.7. The number of hydrogen-bond acceptors (Lipinski definition) is 6. The van der Waals surface area contributed by atoms with E-state index < -0.39 is 0 Å². The van der Waals surface area contributed by atoms with E-state index in [4.69, 9.17) is 18.6 Å². The first-order valence-electron chi connectivity index (χ1n) is 9.97. The third kappa shape index (κ3) is 3.39. The quantitative estimate of drug-likeness (QED) is 0.268. The number of ether oxygens (including phenoxy) is 3. The highest BCUT2D eigenvalue weighted by molar-refractivity contribution is 6.02. The number of hydrogen-bond donors (Lipinski definition) is 0. The van der Waals surface area contributed by atoms with Crippen molar-refractivity contribution in [1.29, 1.82) is 0 Å². The van der Waals surface area contributed by atoms with Gasteiger partial charge >= 0.3 is 5.63 Å². The number of aryl methyl sites for hydroxylation is 2. The Labute approximate surface area is 173 Å². The Morgan fingerprint density at radius 1 is 1.10 bits per heavy atom. The van der Waals surface area contributed by atoms with Crippen LogP contribution < -0.4 is 15.1 Å². The van der Waals surface area contributed by atoms with Gasteiger partial charge in [0.2, 0.25) is 6.79 Å². The molecule has 0 aliphatic carbocycles. The van der Waals surface area contributed by atoms with E-state index in [9.17, 15) is 4.79 Å². The molecule has 4 aromatic rings. The monoisotopic (exact) mass is 403 g/mol. The molecule has 30 heavy (non-hydrogen) atoms. The van der Waals surface area contributed by atoms with Crippen molar-refractivity contribution < 1.29 is 18.6 Å². The molecule has 6 heteroatoms. The van der Waals surface area contributed by atoms with Crippen molar-refractivity contribution in [2.45, 2.75) is 26.4 Å². The number of benzene rings is 2. The molecule has 3 heterocycles. The van der Waals surface area contributed by atoms with Gasteiger partial charge in [-0.05, 0) is 60.7 Å². The minimum atomic E-state index is -0.338. The fraction of sp³-hybridized carbons (Fsp3) is 0.250. The molecule has 1 aliphatic heterocycles. The zero-order chi connectivity index (χ0) is 20.5. The van der Waals surface area contributed by atoms with E-state index in [0.717, 1.165) is 46.4 Å². The van der Waals surface area contributed by atoms with Crippen LogP contribution in [0.25, 0.3) is 21.9 Å². The molecule has 0 saturated carbocycles. The van der Waals surface area contributed by atoms with Gasteiger partial charge in [-0.3, -0.25) is 4.98 Å². The minimum absolute atomic E-state index is 0.271. The third-order valence-corrected chi connectivity index (χ3v) is 5.43. The lowest BCUT2D eigenvalue weighted by Crippen LogP contribution is -2.06. The summed E-state index contributed by atoms with van der Waals surface area (Å²) in [7, 11) is 0. The van der Waals surface area contributed by atoms with Gasteiger partial charge < -0.3 is 18.6 Å². The van der Waals surface area contributed by atoms with E-state index in [1.165, 1.54) is 0 Å². The highest BCUT2D eigenvalue weighted by Gasteiger charge is 2.14. The van der Waals surface area contributed by atoms with Crippen LogP contribution in [0.5, 0.6) is 11.5 Å². The Hall–Kier alpha value is -3.38. The molecule has 5 rings (SSSR count). The number of fused-ring (bicyclic) bond motifs is 4. The maximum atomic E-state index is 12.5. The molecule has 0 atom stereocenters. The second-order valence-corrected chi connectivity index (χ2v) is 7.36. The highest BCUT2D eigenvalue weighted by Crippen LogP contribution is 2.32. The van der Waals surface area contributed by atoms with Crippen molar-refractivity contribution >= 4 is 21.9 Å². The lowest BCUT2D eigenvalue weighted by atomic mass is 10.0. The summed E-state index contributed by atoms with van der Waals surface area (Å²) in [6.45, 7) is 3.35. The van der Waals surface area contributed by atoms with Crippen LogP contribution in [0.3, 0.4) is 0 Å². The fourth-order valence-electron chi connectivity index (χ4n) is 3.84. The first kappa shape index (κ1) is 18.6. The predicted octanol–water partition coefficient (Wildman–Crippen LogP) is 4.53. The summed E-state index contributed by atoms with van der Waals surface area (Å²) in [5.74, 6) is 1.54. The van der Waals surface area contributed by atoms with Gasteiger partial charge in [0.15, 0.2) is 11.5 Å². The highest BCUT2D eigenvalue weighted by atomic mass is 16.7. The van der Waals surface area contributed by atoms with Gasteiger partial charge in [0.05, 0.1) is 17.5 Å². The van der Waals surface area contributed by atoms with Crippen molar-refractivity contribution in [3.05, 3.63) is 75.8 Å². The Kier molecular flexibility index (Phi) is 4.85. The summed E-state index contributed by atoms with van der Waals surface area (Å²) in [5.41, 5.74) is 3.93. The Bertz CT molecular complexity index is 1290.